The first-order valence-corrected chi connectivity index (χ1v) is 41.0. The number of rotatable bonds is 25. The summed E-state index contributed by atoms with van der Waals surface area (Å²) in [5.41, 5.74) is 42.0. The second-order valence-electron chi connectivity index (χ2n) is 25.9. The zero-order valence-electron chi connectivity index (χ0n) is 68.5. The van der Waals surface area contributed by atoms with Gasteiger partial charge in [-0.2, -0.15) is 13.5 Å². The molecule has 1 amide bonds. The highest BCUT2D eigenvalue weighted by Crippen LogP contribution is 2.41. The topological polar surface area (TPSA) is 509 Å². The number of ether oxygens (including phenoxy) is 4. The van der Waals surface area contributed by atoms with Crippen LogP contribution in [0.5, 0.6) is 0 Å². The number of nitrogens with two attached hydrogens (primary N) is 6. The number of nitrogens with zero attached hydrogens (tertiary/aromatic N) is 10. The standard InChI is InChI=1S/C17H17N3O4.C17H15N3O3.C17H15N3O2S.C15H12N4OS.C15H11N3O2S.C11H12O3.H2S/c1-2-24-16(23)12(15(22)11-6-4-3-5-7-11)10-14(21)13-8-9-19-17(18)20-13;2*1-2-22-16(21)12-10-14(13-8-9-19-17(18)20-13)23-15(12)11-6-4-3-5-7-11;16-14(20)10-8-12(11-6-7-18-15(17)19-11)21-13(10)9-4-2-1-3-5-9;16-15-17-7-6-11(18-15)12-8-10(14(19)20)13(21-12)9-4-2-1-3-5-9;1-2-14-11(13)8-10(12)9-6-4-3-5-7-9;/h3-9,12H,2,10H2,1H3,(H2,18,19,20);2*3-10H,2H2,1H3,(H2,18,19,20);1-8H,(H2,16,20)(H2,17,18,19);1-8H,(H,19,20)(H2,16,17,18);3-7H,2,8H2,1H3;1H2. The number of thiophene rings is 3. The van der Waals surface area contributed by atoms with Crippen molar-refractivity contribution in [3.63, 3.8) is 0 Å². The van der Waals surface area contributed by atoms with Crippen molar-refractivity contribution < 1.29 is 71.6 Å². The molecule has 9 aromatic heterocycles. The fourth-order valence-corrected chi connectivity index (χ4v) is 15.0. The number of carbonyl (C=O) groups is 9. The average Bonchev–Trinajstić information content (AvgIpc) is 1.67. The molecular weight excluding hydrogens is 1700 g/mol. The maximum atomic E-state index is 12.6. The lowest BCUT2D eigenvalue weighted by Gasteiger charge is -2.14. The summed E-state index contributed by atoms with van der Waals surface area (Å²) in [4.78, 5) is 152. The van der Waals surface area contributed by atoms with Gasteiger partial charge in [-0.3, -0.25) is 28.8 Å². The van der Waals surface area contributed by atoms with Gasteiger partial charge in [-0.05, 0) is 92.9 Å². The Hall–Kier alpha value is -15.7. The molecule has 6 aromatic carbocycles. The molecule has 15 rings (SSSR count). The van der Waals surface area contributed by atoms with Crippen LogP contribution in [0.2, 0.25) is 0 Å². The predicted molar refractivity (Wildman–Crippen MR) is 491 cm³/mol. The van der Waals surface area contributed by atoms with Gasteiger partial charge in [0, 0.05) is 74.8 Å². The van der Waals surface area contributed by atoms with Crippen molar-refractivity contribution in [1.82, 2.24) is 49.8 Å². The Kier molecular flexibility index (Phi) is 35.7. The smallest absolute Gasteiger partial charge is 0.342 e. The van der Waals surface area contributed by atoms with Crippen LogP contribution >= 0.6 is 47.5 Å². The van der Waals surface area contributed by atoms with Crippen molar-refractivity contribution in [3.8, 4) is 85.8 Å². The Balaban J connectivity index is 0.000000173. The second kappa shape index (κ2) is 47.6. The molecule has 0 aliphatic heterocycles. The molecule has 35 heteroatoms. The van der Waals surface area contributed by atoms with Gasteiger partial charge in [0.2, 0.25) is 35.6 Å². The van der Waals surface area contributed by atoms with Crippen LogP contribution in [0.15, 0.2) is 272 Å². The molecule has 0 aliphatic carbocycles. The van der Waals surface area contributed by atoms with Crippen molar-refractivity contribution in [2.75, 3.05) is 55.1 Å². The summed E-state index contributed by atoms with van der Waals surface area (Å²) in [5.74, 6) is -4.26. The second-order valence-corrected chi connectivity index (χ2v) is 29.1. The van der Waals surface area contributed by atoms with Gasteiger partial charge in [-0.25, -0.2) is 64.2 Å². The predicted octanol–water partition coefficient (Wildman–Crippen LogP) is 16.1. The zero-order valence-corrected chi connectivity index (χ0v) is 72.0. The van der Waals surface area contributed by atoms with Crippen LogP contribution in [-0.2, 0) is 28.5 Å². The number of esters is 4. The van der Waals surface area contributed by atoms with Crippen LogP contribution in [0, 0.1) is 5.92 Å². The van der Waals surface area contributed by atoms with Crippen molar-refractivity contribution >= 4 is 130 Å². The largest absolute Gasteiger partial charge is 0.478 e. The van der Waals surface area contributed by atoms with Gasteiger partial charge >= 0.3 is 29.8 Å². The number of aromatic carboxylic acids is 1. The van der Waals surface area contributed by atoms with E-state index in [4.69, 9.17) is 53.0 Å². The van der Waals surface area contributed by atoms with E-state index in [1.165, 1.54) is 52.5 Å². The van der Waals surface area contributed by atoms with Gasteiger partial charge < -0.3 is 62.9 Å². The van der Waals surface area contributed by atoms with Crippen LogP contribution in [-0.4, -0.2) is 134 Å². The van der Waals surface area contributed by atoms with Crippen molar-refractivity contribution in [2.45, 2.75) is 40.5 Å². The molecule has 31 nitrogen and oxygen atoms in total. The number of carbonyl (C=O) groups excluding carboxylic acids is 8. The molecule has 13 N–H and O–H groups in total. The SMILES string of the molecule is CCOC(=O)C(CC(=O)c1ccnc(N)n1)C(=O)c1ccccc1.CCOC(=O)CC(=O)c1ccccc1.CCOC(=O)c1cc(-c2ccnc(N)n2)oc1-c1ccccc1.CCOC(=O)c1cc(-c2ccnc(N)n2)sc1-c1ccccc1.NC(=O)c1cc(-c2ccnc(N)n2)sc1-c1ccccc1.Nc1nccc(-c2cc(C(=O)O)c(-c3ccccc3)s2)n1.S. The van der Waals surface area contributed by atoms with E-state index in [-0.39, 0.29) is 92.3 Å². The molecule has 15 aromatic rings. The van der Waals surface area contributed by atoms with E-state index in [1.807, 2.05) is 127 Å². The molecular formula is C92H84N16O15S4. The fourth-order valence-electron chi connectivity index (χ4n) is 11.6. The lowest BCUT2D eigenvalue weighted by molar-refractivity contribution is -0.146. The number of furan rings is 1. The van der Waals surface area contributed by atoms with Gasteiger partial charge in [0.05, 0.1) is 74.8 Å². The third-order valence-corrected chi connectivity index (χ3v) is 20.9. The zero-order chi connectivity index (χ0) is 90.0. The number of nitrogen functional groups attached to an aromatic ring is 5. The fraction of sp³-hybridized carbons (Fsp3) is 0.120. The molecule has 0 radical (unpaired) electrons. The first-order valence-electron chi connectivity index (χ1n) is 38.6. The lowest BCUT2D eigenvalue weighted by Crippen LogP contribution is -2.29. The summed E-state index contributed by atoms with van der Waals surface area (Å²) in [6.45, 7) is 7.93. The Morgan fingerprint density at radius 2 is 0.740 bits per heavy atom. The number of ketones is 3. The monoisotopic (exact) mass is 1780 g/mol. The molecule has 1 unspecified atom stereocenters. The molecule has 0 aliphatic rings. The van der Waals surface area contributed by atoms with E-state index in [0.29, 0.717) is 80.2 Å². The summed E-state index contributed by atoms with van der Waals surface area (Å²) in [6, 6.07) is 70.2. The number of hydrogen-bond donors (Lipinski definition) is 7. The summed E-state index contributed by atoms with van der Waals surface area (Å²) in [5, 5.41) is 9.39. The number of carboxylic acids is 1. The van der Waals surface area contributed by atoms with E-state index >= 15 is 0 Å². The van der Waals surface area contributed by atoms with Crippen LogP contribution in [0.4, 0.5) is 29.7 Å². The molecule has 127 heavy (non-hydrogen) atoms. The molecule has 0 bridgehead atoms. The van der Waals surface area contributed by atoms with Crippen LogP contribution in [0.25, 0.3) is 85.8 Å². The quantitative estimate of drug-likeness (QED) is 0.0121. The molecule has 0 saturated carbocycles. The minimum absolute atomic E-state index is 0. The van der Waals surface area contributed by atoms with E-state index in [0.717, 1.165) is 46.6 Å². The number of carboxylic acid groups (broad SMARTS) is 1. The van der Waals surface area contributed by atoms with Crippen LogP contribution in [0.3, 0.4) is 0 Å². The highest BCUT2D eigenvalue weighted by molar-refractivity contribution is 7.59. The molecule has 0 fully saturated rings. The maximum absolute atomic E-state index is 12.6. The van der Waals surface area contributed by atoms with Crippen molar-refractivity contribution in [1.29, 1.82) is 0 Å². The number of anilines is 5. The molecule has 9 heterocycles. The van der Waals surface area contributed by atoms with E-state index < -0.39 is 47.3 Å². The normalized spacial score (nSPS) is 10.5. The van der Waals surface area contributed by atoms with Gasteiger partial charge in [-0.1, -0.05) is 182 Å². The number of hydrogen-bond acceptors (Lipinski definition) is 32. The number of aromatic nitrogens is 10. The molecule has 1 atom stereocenters. The van der Waals surface area contributed by atoms with Crippen LogP contribution < -0.4 is 34.4 Å². The number of primary amides is 1. The lowest BCUT2D eigenvalue weighted by atomic mass is 9.92. The number of Topliss-reactive ketones (excluding diaryl/α,β-unsaturated/α-hetero) is 3. The first kappa shape index (κ1) is 95.1. The Morgan fingerprint density at radius 1 is 0.386 bits per heavy atom. The van der Waals surface area contributed by atoms with Gasteiger partial charge in [0.1, 0.15) is 35.1 Å². The molecule has 0 spiro atoms. The summed E-state index contributed by atoms with van der Waals surface area (Å²) in [7, 11) is 0. The third kappa shape index (κ3) is 27.1. The first-order chi connectivity index (χ1) is 60.9. The highest BCUT2D eigenvalue weighted by atomic mass is 32.1. The Bertz CT molecular complexity index is 5970. The number of amides is 1. The van der Waals surface area contributed by atoms with Gasteiger partial charge in [0.25, 0.3) is 0 Å². The maximum Gasteiger partial charge on any atom is 0.342 e. The van der Waals surface area contributed by atoms with E-state index in [9.17, 15) is 48.3 Å². The summed E-state index contributed by atoms with van der Waals surface area (Å²) >= 11 is 4.31. The van der Waals surface area contributed by atoms with Gasteiger partial charge in [-0.15, -0.1) is 34.0 Å². The third-order valence-electron chi connectivity index (χ3n) is 17.3. The minimum Gasteiger partial charge on any atom is -0.478 e. The summed E-state index contributed by atoms with van der Waals surface area (Å²) in [6.07, 6.45) is 7.09. The molecule has 646 valence electrons. The molecule has 0 saturated heterocycles. The number of benzene rings is 6. The van der Waals surface area contributed by atoms with Crippen molar-refractivity contribution in [3.05, 3.63) is 307 Å². The average molecular weight is 1780 g/mol. The summed E-state index contributed by atoms with van der Waals surface area (Å²) < 4.78 is 25.8. The van der Waals surface area contributed by atoms with Crippen molar-refractivity contribution in [2.24, 2.45) is 11.7 Å². The van der Waals surface area contributed by atoms with Gasteiger partial charge in [0.15, 0.2) is 23.1 Å². The van der Waals surface area contributed by atoms with E-state index in [2.05, 4.69) is 54.6 Å². The Labute approximate surface area is 746 Å². The Morgan fingerprint density at radius 3 is 1.15 bits per heavy atom. The minimum atomic E-state index is -1.23. The highest BCUT2D eigenvalue weighted by Gasteiger charge is 2.33. The van der Waals surface area contributed by atoms with E-state index in [1.54, 1.807) is 149 Å². The van der Waals surface area contributed by atoms with Crippen LogP contribution in [0.1, 0.15) is 113 Å².